The number of rotatable bonds is 4. The molecule has 0 amide bonds. The maximum Gasteiger partial charge on any atom is 0.288 e. The van der Waals surface area contributed by atoms with Gasteiger partial charge in [0, 0.05) is 12.1 Å². The van der Waals surface area contributed by atoms with E-state index in [0.29, 0.717) is 22.7 Å². The van der Waals surface area contributed by atoms with Gasteiger partial charge >= 0.3 is 0 Å². The molecule has 0 aliphatic carbocycles. The summed E-state index contributed by atoms with van der Waals surface area (Å²) in [6, 6.07) is 18.4. The molecule has 1 aliphatic rings. The molecule has 0 fully saturated rings. The zero-order valence-corrected chi connectivity index (χ0v) is 15.7. The molecule has 148 valence electrons. The number of fused-ring (bicyclic) bond motifs is 1. The third-order valence-electron chi connectivity index (χ3n) is 4.08. The number of phenolic OH excluding ortho intramolecular Hbond substituents is 1. The van der Waals surface area contributed by atoms with Gasteiger partial charge in [-0.15, -0.1) is 4.40 Å². The molecule has 0 unspecified atom stereocenters. The number of para-hydroxylation sites is 3. The Bertz CT molecular complexity index is 1200. The van der Waals surface area contributed by atoms with Crippen molar-refractivity contribution in [3.8, 4) is 17.2 Å². The van der Waals surface area contributed by atoms with Gasteiger partial charge in [0.25, 0.3) is 10.0 Å². The summed E-state index contributed by atoms with van der Waals surface area (Å²) in [5.41, 5.74) is 0.879. The second-order valence-electron chi connectivity index (χ2n) is 6.11. The lowest BCUT2D eigenvalue weighted by Gasteiger charge is -2.21. The summed E-state index contributed by atoms with van der Waals surface area (Å²) in [6.45, 7) is 0. The summed E-state index contributed by atoms with van der Waals surface area (Å²) in [5, 5.41) is 26.7. The van der Waals surface area contributed by atoms with Gasteiger partial charge in [0.1, 0.15) is 27.8 Å². The summed E-state index contributed by atoms with van der Waals surface area (Å²) in [4.78, 5) is -0.279. The third kappa shape index (κ3) is 3.85. The van der Waals surface area contributed by atoms with E-state index in [1.807, 2.05) is 18.2 Å². The van der Waals surface area contributed by atoms with Gasteiger partial charge in [-0.25, -0.2) is 0 Å². The number of guanidine groups is 1. The number of aromatic hydroxyl groups is 1. The fraction of sp³-hybridized carbons (Fsp3) is 0. The average Bonchev–Trinajstić information content (AvgIpc) is 2.70. The number of quaternary nitrogens is 1. The van der Waals surface area contributed by atoms with Crippen LogP contribution in [0.4, 0.5) is 17.1 Å². The molecule has 1 heterocycles. The Balaban J connectivity index is 1.66. The van der Waals surface area contributed by atoms with Crippen LogP contribution in [0.15, 0.2) is 76.0 Å². The Hall–Kier alpha value is -3.60. The molecule has 3 aromatic rings. The van der Waals surface area contributed by atoms with E-state index in [1.54, 1.807) is 36.4 Å². The van der Waals surface area contributed by atoms with E-state index >= 15 is 0 Å². The topological polar surface area (TPSA) is 140 Å². The summed E-state index contributed by atoms with van der Waals surface area (Å²) < 4.78 is 34.6. The number of anilines is 2. The van der Waals surface area contributed by atoms with Gasteiger partial charge in [0.05, 0.1) is 5.69 Å². The van der Waals surface area contributed by atoms with E-state index in [0.717, 1.165) is 6.07 Å². The largest absolute Gasteiger partial charge is 0.630 e. The highest BCUT2D eigenvalue weighted by atomic mass is 32.2. The minimum absolute atomic E-state index is 0.0276. The fourth-order valence-electron chi connectivity index (χ4n) is 2.79. The van der Waals surface area contributed by atoms with Crippen LogP contribution in [0.25, 0.3) is 0 Å². The minimum Gasteiger partial charge on any atom is -0.630 e. The van der Waals surface area contributed by atoms with Crippen LogP contribution >= 0.6 is 0 Å². The van der Waals surface area contributed by atoms with Crippen LogP contribution in [0, 0.1) is 5.21 Å². The zero-order chi connectivity index (χ0) is 20.4. The highest BCUT2D eigenvalue weighted by Gasteiger charge is 2.29. The van der Waals surface area contributed by atoms with E-state index in [9.17, 15) is 18.7 Å². The van der Waals surface area contributed by atoms with E-state index in [4.69, 9.17) is 4.74 Å². The highest BCUT2D eigenvalue weighted by Crippen LogP contribution is 2.37. The number of nitrogens with two attached hydrogens (primary N) is 1. The molecular weight excluding hydrogens is 396 g/mol. The molecule has 0 radical (unpaired) electrons. The summed E-state index contributed by atoms with van der Waals surface area (Å²) >= 11 is 0. The van der Waals surface area contributed by atoms with Crippen LogP contribution < -0.4 is 20.9 Å². The highest BCUT2D eigenvalue weighted by molar-refractivity contribution is 7.90. The summed E-state index contributed by atoms with van der Waals surface area (Å²) in [5.74, 6) is 0.566. The molecule has 0 bridgehead atoms. The van der Waals surface area contributed by atoms with Crippen molar-refractivity contribution in [2.24, 2.45) is 4.40 Å². The van der Waals surface area contributed by atoms with Crippen LogP contribution in [-0.2, 0) is 10.0 Å². The molecule has 1 aliphatic heterocycles. The quantitative estimate of drug-likeness (QED) is 0.293. The molecule has 4 rings (SSSR count). The molecular formula is C19H16N4O5S. The molecule has 0 saturated carbocycles. The first kappa shape index (κ1) is 18.7. The van der Waals surface area contributed by atoms with Crippen LogP contribution in [0.2, 0.25) is 0 Å². The van der Waals surface area contributed by atoms with Crippen molar-refractivity contribution in [3.05, 3.63) is 71.9 Å². The maximum absolute atomic E-state index is 12.5. The first-order valence-electron chi connectivity index (χ1n) is 8.49. The fourth-order valence-corrected chi connectivity index (χ4v) is 3.91. The summed E-state index contributed by atoms with van der Waals surface area (Å²) in [6.07, 6.45) is 0. The van der Waals surface area contributed by atoms with E-state index < -0.39 is 10.0 Å². The number of benzene rings is 3. The standard InChI is InChI=1S/C19H16N4O5S/c24-15-10-12(22-25)11-17-18(15)21-19(23-29(17,26)27)20-14-8-4-5-9-16(14)28-13-6-2-1-3-7-13/h1-11,24H,22H2,(H2,20,21,23). The molecule has 29 heavy (non-hydrogen) atoms. The first-order chi connectivity index (χ1) is 14.0. The predicted octanol–water partition coefficient (Wildman–Crippen LogP) is 2.46. The molecule has 5 N–H and O–H groups in total. The Morgan fingerprint density at radius 1 is 1.07 bits per heavy atom. The van der Waals surface area contributed by atoms with Gasteiger partial charge in [-0.2, -0.15) is 8.42 Å². The van der Waals surface area contributed by atoms with Crippen molar-refractivity contribution >= 4 is 33.0 Å². The summed E-state index contributed by atoms with van der Waals surface area (Å²) in [7, 11) is -4.13. The number of hydrogen-bond donors (Lipinski definition) is 4. The Labute approximate surface area is 166 Å². The number of hydrogen-bond acceptors (Lipinski definition) is 7. The van der Waals surface area contributed by atoms with Crippen LogP contribution in [0.1, 0.15) is 0 Å². The first-order valence-corrected chi connectivity index (χ1v) is 9.93. The molecule has 0 saturated heterocycles. The van der Waals surface area contributed by atoms with Gasteiger partial charge in [-0.05, 0) is 24.3 Å². The predicted molar refractivity (Wildman–Crippen MR) is 108 cm³/mol. The third-order valence-corrected chi connectivity index (χ3v) is 5.38. The SMILES string of the molecule is O=S1(=O)N=C(Nc2ccccc2Oc2ccccc2)Nc2c(O)cc([NH2+][O-])cc21. The normalized spacial score (nSPS) is 14.3. The second-order valence-corrected chi connectivity index (χ2v) is 7.68. The monoisotopic (exact) mass is 412 g/mol. The Morgan fingerprint density at radius 3 is 2.55 bits per heavy atom. The van der Waals surface area contributed by atoms with Gasteiger partial charge in [0.15, 0.2) is 5.75 Å². The average molecular weight is 412 g/mol. The van der Waals surface area contributed by atoms with Crippen molar-refractivity contribution < 1.29 is 23.7 Å². The second kappa shape index (κ2) is 7.43. The lowest BCUT2D eigenvalue weighted by molar-refractivity contribution is -0.497. The van der Waals surface area contributed by atoms with Gasteiger partial charge in [-0.3, -0.25) is 0 Å². The van der Waals surface area contributed by atoms with E-state index in [-0.39, 0.29) is 28.0 Å². The number of nitrogens with zero attached hydrogens (tertiary/aromatic N) is 1. The zero-order valence-electron chi connectivity index (χ0n) is 14.9. The molecule has 3 aromatic carbocycles. The van der Waals surface area contributed by atoms with Crippen LogP contribution in [0.3, 0.4) is 0 Å². The number of sulfonamides is 1. The lowest BCUT2D eigenvalue weighted by atomic mass is 10.2. The van der Waals surface area contributed by atoms with E-state index in [1.165, 1.54) is 6.07 Å². The van der Waals surface area contributed by atoms with Crippen molar-refractivity contribution in [2.45, 2.75) is 4.90 Å². The molecule has 0 aromatic heterocycles. The van der Waals surface area contributed by atoms with Crippen molar-refractivity contribution in [2.75, 3.05) is 10.6 Å². The Kier molecular flexibility index (Phi) is 4.80. The molecule has 0 spiro atoms. The lowest BCUT2D eigenvalue weighted by Crippen LogP contribution is -2.70. The van der Waals surface area contributed by atoms with E-state index in [2.05, 4.69) is 15.0 Å². The smallest absolute Gasteiger partial charge is 0.288 e. The molecule has 10 heteroatoms. The number of phenols is 1. The maximum atomic E-state index is 12.5. The molecule has 0 atom stereocenters. The van der Waals surface area contributed by atoms with Crippen molar-refractivity contribution in [1.82, 2.24) is 0 Å². The van der Waals surface area contributed by atoms with Gasteiger partial charge in [-0.1, -0.05) is 30.3 Å². The number of nitrogens with one attached hydrogen (secondary N) is 2. The minimum atomic E-state index is -4.13. The van der Waals surface area contributed by atoms with Crippen LogP contribution in [-0.4, -0.2) is 19.5 Å². The van der Waals surface area contributed by atoms with Gasteiger partial charge in [0.2, 0.25) is 5.96 Å². The Morgan fingerprint density at radius 2 is 1.79 bits per heavy atom. The van der Waals surface area contributed by atoms with Crippen LogP contribution in [0.5, 0.6) is 17.2 Å². The van der Waals surface area contributed by atoms with Crippen molar-refractivity contribution in [3.63, 3.8) is 0 Å². The van der Waals surface area contributed by atoms with Gasteiger partial charge < -0.3 is 31.2 Å². The molecule has 9 nitrogen and oxygen atoms in total. The number of ether oxygens (including phenoxy) is 1. The van der Waals surface area contributed by atoms with Crippen molar-refractivity contribution in [1.29, 1.82) is 0 Å².